The summed E-state index contributed by atoms with van der Waals surface area (Å²) < 4.78 is 5.77. The Bertz CT molecular complexity index is 776. The number of likely N-dealkylation sites (N-methyl/N-ethyl adjacent to an activating group) is 1. The third kappa shape index (κ3) is 4.12. The molecule has 0 aliphatic carbocycles. The van der Waals surface area contributed by atoms with Crippen molar-refractivity contribution < 1.29 is 14.3 Å². The number of para-hydroxylation sites is 2. The highest BCUT2D eigenvalue weighted by Gasteiger charge is 2.31. The number of amides is 2. The molecule has 0 bridgehead atoms. The zero-order valence-electron chi connectivity index (χ0n) is 13.9. The van der Waals surface area contributed by atoms with Gasteiger partial charge in [0.25, 0.3) is 5.91 Å². The SMILES string of the molecule is CN1C(=O)C(CCNC(=O)Cc2ccc(Cl)cc2)Oc2ccccc21. The van der Waals surface area contributed by atoms with E-state index in [-0.39, 0.29) is 18.2 Å². The summed E-state index contributed by atoms with van der Waals surface area (Å²) >= 11 is 5.83. The maximum Gasteiger partial charge on any atom is 0.267 e. The minimum Gasteiger partial charge on any atom is -0.478 e. The van der Waals surface area contributed by atoms with Gasteiger partial charge < -0.3 is 15.0 Å². The molecule has 25 heavy (non-hydrogen) atoms. The van der Waals surface area contributed by atoms with Crippen molar-refractivity contribution in [1.29, 1.82) is 0 Å². The number of nitrogens with one attached hydrogen (secondary N) is 1. The molecule has 1 atom stereocenters. The number of fused-ring (bicyclic) bond motifs is 1. The molecule has 2 aromatic carbocycles. The number of rotatable bonds is 5. The lowest BCUT2D eigenvalue weighted by atomic mass is 10.1. The molecule has 2 aromatic rings. The first kappa shape index (κ1) is 17.3. The summed E-state index contributed by atoms with van der Waals surface area (Å²) in [4.78, 5) is 26.0. The van der Waals surface area contributed by atoms with E-state index in [4.69, 9.17) is 16.3 Å². The summed E-state index contributed by atoms with van der Waals surface area (Å²) in [6, 6.07) is 14.6. The van der Waals surface area contributed by atoms with Gasteiger partial charge in [0, 0.05) is 25.0 Å². The highest BCUT2D eigenvalue weighted by atomic mass is 35.5. The Labute approximate surface area is 151 Å². The van der Waals surface area contributed by atoms with Crippen molar-refractivity contribution in [2.24, 2.45) is 0 Å². The van der Waals surface area contributed by atoms with Crippen molar-refractivity contribution in [2.45, 2.75) is 18.9 Å². The first-order valence-electron chi connectivity index (χ1n) is 8.09. The predicted octanol–water partition coefficient (Wildman–Crippen LogP) is 2.81. The number of carbonyl (C=O) groups is 2. The summed E-state index contributed by atoms with van der Waals surface area (Å²) in [6.07, 6.45) is 0.110. The molecule has 0 radical (unpaired) electrons. The van der Waals surface area contributed by atoms with E-state index in [9.17, 15) is 9.59 Å². The summed E-state index contributed by atoms with van der Waals surface area (Å²) in [6.45, 7) is 0.374. The highest BCUT2D eigenvalue weighted by Crippen LogP contribution is 2.33. The number of carbonyl (C=O) groups excluding carboxylic acids is 2. The maximum absolute atomic E-state index is 12.4. The van der Waals surface area contributed by atoms with Gasteiger partial charge in [-0.15, -0.1) is 0 Å². The molecule has 3 rings (SSSR count). The smallest absolute Gasteiger partial charge is 0.267 e. The molecule has 0 saturated carbocycles. The Kier molecular flexibility index (Phi) is 5.24. The molecule has 1 unspecified atom stereocenters. The summed E-state index contributed by atoms with van der Waals surface area (Å²) in [5.74, 6) is 0.479. The number of nitrogens with zero attached hydrogens (tertiary/aromatic N) is 1. The van der Waals surface area contributed by atoms with E-state index in [1.165, 1.54) is 0 Å². The molecule has 0 saturated heterocycles. The van der Waals surface area contributed by atoms with Crippen LogP contribution in [0, 0.1) is 0 Å². The van der Waals surface area contributed by atoms with Crippen molar-refractivity contribution >= 4 is 29.1 Å². The lowest BCUT2D eigenvalue weighted by molar-refractivity contribution is -0.127. The standard InChI is InChI=1S/C19H19ClN2O3/c1-22-15-4-2-3-5-16(15)25-17(19(22)24)10-11-21-18(23)12-13-6-8-14(20)9-7-13/h2-9,17H,10-12H2,1H3,(H,21,23). The van der Waals surface area contributed by atoms with Crippen molar-refractivity contribution in [3.63, 3.8) is 0 Å². The van der Waals surface area contributed by atoms with Crippen LogP contribution < -0.4 is 15.0 Å². The summed E-state index contributed by atoms with van der Waals surface area (Å²) in [5.41, 5.74) is 1.65. The van der Waals surface area contributed by atoms with Gasteiger partial charge in [-0.2, -0.15) is 0 Å². The van der Waals surface area contributed by atoms with E-state index >= 15 is 0 Å². The minimum absolute atomic E-state index is 0.0978. The van der Waals surface area contributed by atoms with E-state index in [0.717, 1.165) is 11.3 Å². The van der Waals surface area contributed by atoms with Gasteiger partial charge in [-0.3, -0.25) is 9.59 Å². The van der Waals surface area contributed by atoms with E-state index in [1.807, 2.05) is 36.4 Å². The van der Waals surface area contributed by atoms with Gasteiger partial charge in [-0.05, 0) is 29.8 Å². The maximum atomic E-state index is 12.4. The second-order valence-electron chi connectivity index (χ2n) is 5.91. The molecular weight excluding hydrogens is 340 g/mol. The molecule has 0 fully saturated rings. The predicted molar refractivity (Wildman–Crippen MR) is 97.1 cm³/mol. The van der Waals surface area contributed by atoms with Gasteiger partial charge in [-0.1, -0.05) is 35.9 Å². The van der Waals surface area contributed by atoms with Crippen LogP contribution in [-0.4, -0.2) is 31.5 Å². The van der Waals surface area contributed by atoms with E-state index in [1.54, 1.807) is 24.1 Å². The van der Waals surface area contributed by atoms with Crippen molar-refractivity contribution in [1.82, 2.24) is 5.32 Å². The van der Waals surface area contributed by atoms with Crippen LogP contribution in [0.2, 0.25) is 5.02 Å². The van der Waals surface area contributed by atoms with Crippen molar-refractivity contribution in [2.75, 3.05) is 18.5 Å². The fourth-order valence-electron chi connectivity index (χ4n) is 2.75. The average Bonchev–Trinajstić information content (AvgIpc) is 2.61. The third-order valence-corrected chi connectivity index (χ3v) is 4.36. The van der Waals surface area contributed by atoms with Crippen molar-refractivity contribution in [3.05, 3.63) is 59.1 Å². The molecule has 130 valence electrons. The largest absolute Gasteiger partial charge is 0.478 e. The molecule has 0 aromatic heterocycles. The molecule has 6 heteroatoms. The Morgan fingerprint density at radius 1 is 1.20 bits per heavy atom. The average molecular weight is 359 g/mol. The molecule has 1 N–H and O–H groups in total. The fraction of sp³-hybridized carbons (Fsp3) is 0.263. The van der Waals surface area contributed by atoms with Crippen LogP contribution >= 0.6 is 11.6 Å². The van der Waals surface area contributed by atoms with Crippen LogP contribution in [0.15, 0.2) is 48.5 Å². The number of ether oxygens (including phenoxy) is 1. The van der Waals surface area contributed by atoms with Gasteiger partial charge in [-0.25, -0.2) is 0 Å². The van der Waals surface area contributed by atoms with Gasteiger partial charge in [0.05, 0.1) is 12.1 Å². The van der Waals surface area contributed by atoms with E-state index in [0.29, 0.717) is 23.7 Å². The Morgan fingerprint density at radius 2 is 1.92 bits per heavy atom. The topological polar surface area (TPSA) is 58.6 Å². The quantitative estimate of drug-likeness (QED) is 0.894. The molecule has 1 aliphatic heterocycles. The molecule has 2 amide bonds. The first-order chi connectivity index (χ1) is 12.0. The van der Waals surface area contributed by atoms with Crippen LogP contribution in [-0.2, 0) is 16.0 Å². The minimum atomic E-state index is -0.587. The van der Waals surface area contributed by atoms with Crippen LogP contribution in [0.3, 0.4) is 0 Å². The van der Waals surface area contributed by atoms with Crippen LogP contribution in [0.25, 0.3) is 0 Å². The van der Waals surface area contributed by atoms with Crippen LogP contribution in [0.1, 0.15) is 12.0 Å². The normalized spacial score (nSPS) is 16.2. The Morgan fingerprint density at radius 3 is 2.68 bits per heavy atom. The van der Waals surface area contributed by atoms with Crippen LogP contribution in [0.5, 0.6) is 5.75 Å². The Balaban J connectivity index is 1.51. The number of halogens is 1. The molecule has 5 nitrogen and oxygen atoms in total. The monoisotopic (exact) mass is 358 g/mol. The molecule has 1 aliphatic rings. The van der Waals surface area contributed by atoms with Gasteiger partial charge in [0.1, 0.15) is 5.75 Å². The van der Waals surface area contributed by atoms with Gasteiger partial charge in [0.15, 0.2) is 6.10 Å². The first-order valence-corrected chi connectivity index (χ1v) is 8.47. The number of hydrogen-bond donors (Lipinski definition) is 1. The van der Waals surface area contributed by atoms with Gasteiger partial charge >= 0.3 is 0 Å². The summed E-state index contributed by atoms with van der Waals surface area (Å²) in [5, 5.41) is 3.47. The Hall–Kier alpha value is -2.53. The lowest BCUT2D eigenvalue weighted by Gasteiger charge is -2.31. The van der Waals surface area contributed by atoms with Gasteiger partial charge in [0.2, 0.25) is 5.91 Å². The molecule has 1 heterocycles. The summed E-state index contributed by atoms with van der Waals surface area (Å²) in [7, 11) is 1.73. The zero-order chi connectivity index (χ0) is 17.8. The molecule has 0 spiro atoms. The van der Waals surface area contributed by atoms with E-state index in [2.05, 4.69) is 5.32 Å². The number of anilines is 1. The van der Waals surface area contributed by atoms with E-state index < -0.39 is 6.10 Å². The second kappa shape index (κ2) is 7.57. The zero-order valence-corrected chi connectivity index (χ0v) is 14.6. The lowest BCUT2D eigenvalue weighted by Crippen LogP contribution is -2.45. The fourth-order valence-corrected chi connectivity index (χ4v) is 2.87. The number of hydrogen-bond acceptors (Lipinski definition) is 3. The van der Waals surface area contributed by atoms with Crippen LogP contribution in [0.4, 0.5) is 5.69 Å². The highest BCUT2D eigenvalue weighted by molar-refractivity contribution is 6.30. The number of benzene rings is 2. The molecular formula is C19H19ClN2O3. The second-order valence-corrected chi connectivity index (χ2v) is 6.35. The third-order valence-electron chi connectivity index (χ3n) is 4.11. The van der Waals surface area contributed by atoms with Crippen molar-refractivity contribution in [3.8, 4) is 5.75 Å².